The molecular weight excluding hydrogens is 322 g/mol. The summed E-state index contributed by atoms with van der Waals surface area (Å²) in [6, 6.07) is 3.00. The third-order valence-electron chi connectivity index (χ3n) is 5.34. The number of carbonyl (C=O) groups excluding carboxylic acids is 1. The van der Waals surface area contributed by atoms with Gasteiger partial charge in [0.25, 0.3) is 11.6 Å². The highest BCUT2D eigenvalue weighted by molar-refractivity contribution is 6.01. The molecule has 2 aliphatic rings. The number of nitrogen functional groups attached to an aromatic ring is 1. The maximum absolute atomic E-state index is 12.7. The molecule has 0 bridgehead atoms. The van der Waals surface area contributed by atoms with Gasteiger partial charge < -0.3 is 15.8 Å². The standard InChI is InChI=1S/C18H25N3O4/c1-12-9-14(16(19)15(10-12)21(23)24)17(22)20-13-5-8-25-18(11-13)6-3-2-4-7-18/h9-10,13H,2-8,11,19H2,1H3,(H,20,22)/t13-/m0/s1. The van der Waals surface area contributed by atoms with Crippen LogP contribution in [-0.2, 0) is 4.74 Å². The second-order valence-corrected chi connectivity index (χ2v) is 7.26. The number of nitrogens with two attached hydrogens (primary N) is 1. The van der Waals surface area contributed by atoms with Crippen molar-refractivity contribution < 1.29 is 14.5 Å². The topological polar surface area (TPSA) is 107 Å². The summed E-state index contributed by atoms with van der Waals surface area (Å²) < 4.78 is 6.05. The SMILES string of the molecule is Cc1cc(C(=O)N[C@H]2CCOC3(CCCCC3)C2)c(N)c([N+](=O)[O-])c1. The second kappa shape index (κ2) is 7.00. The van der Waals surface area contributed by atoms with E-state index < -0.39 is 4.92 Å². The van der Waals surface area contributed by atoms with Crippen molar-refractivity contribution in [2.75, 3.05) is 12.3 Å². The van der Waals surface area contributed by atoms with Crippen molar-refractivity contribution >= 4 is 17.3 Å². The molecular formula is C18H25N3O4. The lowest BCUT2D eigenvalue weighted by Crippen LogP contribution is -2.49. The van der Waals surface area contributed by atoms with Gasteiger partial charge in [0.05, 0.1) is 16.1 Å². The lowest BCUT2D eigenvalue weighted by molar-refractivity contribution is -0.384. The van der Waals surface area contributed by atoms with E-state index >= 15 is 0 Å². The van der Waals surface area contributed by atoms with Crippen LogP contribution in [0.3, 0.4) is 0 Å². The van der Waals surface area contributed by atoms with Crippen molar-refractivity contribution in [3.63, 3.8) is 0 Å². The third-order valence-corrected chi connectivity index (χ3v) is 5.34. The number of hydrogen-bond donors (Lipinski definition) is 2. The van der Waals surface area contributed by atoms with Crippen LogP contribution in [0.2, 0.25) is 0 Å². The van der Waals surface area contributed by atoms with Crippen LogP contribution in [-0.4, -0.2) is 29.1 Å². The zero-order chi connectivity index (χ0) is 18.0. The molecule has 1 aromatic rings. The van der Waals surface area contributed by atoms with Crippen LogP contribution in [0.4, 0.5) is 11.4 Å². The van der Waals surface area contributed by atoms with E-state index in [1.54, 1.807) is 13.0 Å². The van der Waals surface area contributed by atoms with Crippen LogP contribution in [0.15, 0.2) is 12.1 Å². The van der Waals surface area contributed by atoms with Crippen LogP contribution in [0.25, 0.3) is 0 Å². The zero-order valence-electron chi connectivity index (χ0n) is 14.5. The first kappa shape index (κ1) is 17.7. The molecule has 2 fully saturated rings. The maximum Gasteiger partial charge on any atom is 0.293 e. The summed E-state index contributed by atoms with van der Waals surface area (Å²) in [5.74, 6) is -0.345. The number of aryl methyl sites for hydroxylation is 1. The second-order valence-electron chi connectivity index (χ2n) is 7.26. The molecule has 7 nitrogen and oxygen atoms in total. The van der Waals surface area contributed by atoms with Gasteiger partial charge in [0.2, 0.25) is 0 Å². The molecule has 1 heterocycles. The molecule has 3 rings (SSSR count). The summed E-state index contributed by atoms with van der Waals surface area (Å²) in [6.07, 6.45) is 7.20. The first-order chi connectivity index (χ1) is 11.9. The largest absolute Gasteiger partial charge is 0.393 e. The number of carbonyl (C=O) groups is 1. The van der Waals surface area contributed by atoms with Crippen molar-refractivity contribution in [2.24, 2.45) is 0 Å². The Bertz CT molecular complexity index is 678. The Kier molecular flexibility index (Phi) is 4.94. The summed E-state index contributed by atoms with van der Waals surface area (Å²) in [5.41, 5.74) is 6.28. The molecule has 0 aromatic heterocycles. The molecule has 1 saturated carbocycles. The molecule has 1 aliphatic heterocycles. The van der Waals surface area contributed by atoms with E-state index in [0.717, 1.165) is 38.5 Å². The smallest absolute Gasteiger partial charge is 0.293 e. The van der Waals surface area contributed by atoms with Gasteiger partial charge in [0, 0.05) is 18.7 Å². The van der Waals surface area contributed by atoms with Gasteiger partial charge in [-0.15, -0.1) is 0 Å². The van der Waals surface area contributed by atoms with Gasteiger partial charge in [-0.1, -0.05) is 19.3 Å². The summed E-state index contributed by atoms with van der Waals surface area (Å²) >= 11 is 0. The van der Waals surface area contributed by atoms with E-state index in [1.165, 1.54) is 12.5 Å². The molecule has 1 amide bonds. The number of nitro benzene ring substituents is 1. The van der Waals surface area contributed by atoms with Crippen LogP contribution in [0.5, 0.6) is 0 Å². The minimum absolute atomic E-state index is 0.0123. The fourth-order valence-electron chi connectivity index (χ4n) is 4.08. The van der Waals surface area contributed by atoms with Crippen molar-refractivity contribution in [1.29, 1.82) is 0 Å². The minimum Gasteiger partial charge on any atom is -0.393 e. The van der Waals surface area contributed by atoms with Crippen LogP contribution >= 0.6 is 0 Å². The Morgan fingerprint density at radius 1 is 1.36 bits per heavy atom. The number of benzene rings is 1. The van der Waals surface area contributed by atoms with E-state index in [9.17, 15) is 14.9 Å². The Hall–Kier alpha value is -2.15. The molecule has 0 unspecified atom stereocenters. The number of rotatable bonds is 3. The first-order valence-corrected chi connectivity index (χ1v) is 8.89. The highest BCUT2D eigenvalue weighted by atomic mass is 16.6. The lowest BCUT2D eigenvalue weighted by atomic mass is 9.78. The summed E-state index contributed by atoms with van der Waals surface area (Å²) in [4.78, 5) is 23.2. The van der Waals surface area contributed by atoms with Gasteiger partial charge in [-0.25, -0.2) is 0 Å². The number of amides is 1. The van der Waals surface area contributed by atoms with Gasteiger partial charge in [-0.05, 0) is 44.2 Å². The Morgan fingerprint density at radius 3 is 2.76 bits per heavy atom. The van der Waals surface area contributed by atoms with Crippen LogP contribution < -0.4 is 11.1 Å². The van der Waals surface area contributed by atoms with E-state index in [0.29, 0.717) is 12.2 Å². The number of nitrogens with one attached hydrogen (secondary N) is 1. The average Bonchev–Trinajstić information content (AvgIpc) is 2.57. The van der Waals surface area contributed by atoms with Crippen molar-refractivity contribution in [3.05, 3.63) is 33.4 Å². The number of hydrogen-bond acceptors (Lipinski definition) is 5. The predicted octanol–water partition coefficient (Wildman–Crippen LogP) is 3.10. The maximum atomic E-state index is 12.7. The Balaban J connectivity index is 1.75. The highest BCUT2D eigenvalue weighted by Gasteiger charge is 2.39. The number of nitrogens with zero attached hydrogens (tertiary/aromatic N) is 1. The molecule has 136 valence electrons. The normalized spacial score (nSPS) is 22.5. The van der Waals surface area contributed by atoms with Crippen LogP contribution in [0.1, 0.15) is 60.9 Å². The summed E-state index contributed by atoms with van der Waals surface area (Å²) in [6.45, 7) is 2.35. The number of ether oxygens (including phenoxy) is 1. The molecule has 1 spiro atoms. The number of nitro groups is 1. The predicted molar refractivity (Wildman–Crippen MR) is 94.5 cm³/mol. The molecule has 1 saturated heterocycles. The van der Waals surface area contributed by atoms with Crippen molar-refractivity contribution in [1.82, 2.24) is 5.32 Å². The fraction of sp³-hybridized carbons (Fsp3) is 0.611. The summed E-state index contributed by atoms with van der Waals surface area (Å²) in [5, 5.41) is 14.1. The van der Waals surface area contributed by atoms with Gasteiger partial charge in [0.1, 0.15) is 5.69 Å². The first-order valence-electron chi connectivity index (χ1n) is 8.89. The van der Waals surface area contributed by atoms with Crippen LogP contribution in [0, 0.1) is 17.0 Å². The van der Waals surface area contributed by atoms with Crippen molar-refractivity contribution in [3.8, 4) is 0 Å². The third kappa shape index (κ3) is 3.76. The van der Waals surface area contributed by atoms with E-state index in [4.69, 9.17) is 10.5 Å². The highest BCUT2D eigenvalue weighted by Crippen LogP contribution is 2.38. The Morgan fingerprint density at radius 2 is 2.08 bits per heavy atom. The molecule has 25 heavy (non-hydrogen) atoms. The average molecular weight is 347 g/mol. The Labute approximate surface area is 147 Å². The van der Waals surface area contributed by atoms with Gasteiger partial charge in [-0.3, -0.25) is 14.9 Å². The summed E-state index contributed by atoms with van der Waals surface area (Å²) in [7, 11) is 0. The zero-order valence-corrected chi connectivity index (χ0v) is 14.5. The van der Waals surface area contributed by atoms with E-state index in [2.05, 4.69) is 5.32 Å². The van der Waals surface area contributed by atoms with Crippen molar-refractivity contribution in [2.45, 2.75) is 63.5 Å². The van der Waals surface area contributed by atoms with Gasteiger partial charge >= 0.3 is 0 Å². The molecule has 7 heteroatoms. The molecule has 1 aliphatic carbocycles. The molecule has 1 aromatic carbocycles. The molecule has 1 atom stereocenters. The molecule has 3 N–H and O–H groups in total. The van der Waals surface area contributed by atoms with Gasteiger partial charge in [0.15, 0.2) is 0 Å². The quantitative estimate of drug-likeness (QED) is 0.496. The molecule has 0 radical (unpaired) electrons. The fourth-order valence-corrected chi connectivity index (χ4v) is 4.08. The number of anilines is 1. The van der Waals surface area contributed by atoms with Gasteiger partial charge in [-0.2, -0.15) is 0 Å². The minimum atomic E-state index is -0.551. The lowest BCUT2D eigenvalue weighted by Gasteiger charge is -2.43. The monoisotopic (exact) mass is 347 g/mol. The van der Waals surface area contributed by atoms with E-state index in [1.807, 2.05) is 0 Å². The van der Waals surface area contributed by atoms with E-state index in [-0.39, 0.29) is 34.5 Å².